The van der Waals surface area contributed by atoms with Crippen molar-refractivity contribution in [2.45, 2.75) is 19.9 Å². The number of rotatable bonds is 3. The largest absolute Gasteiger partial charge is 0.460 e. The van der Waals surface area contributed by atoms with Crippen LogP contribution in [0.5, 0.6) is 0 Å². The lowest BCUT2D eigenvalue weighted by molar-refractivity contribution is 0.0479. The highest BCUT2D eigenvalue weighted by Gasteiger charge is 2.15. The molecule has 0 fully saturated rings. The molecule has 0 amide bonds. The number of nitrogens with two attached hydrogens (primary N) is 1. The molecule has 1 aromatic rings. The third-order valence-corrected chi connectivity index (χ3v) is 1.47. The minimum absolute atomic E-state index is 0.0918. The third kappa shape index (κ3) is 2.29. The Balaban J connectivity index is 2.73. The Kier molecular flexibility index (Phi) is 3.02. The van der Waals surface area contributed by atoms with Gasteiger partial charge in [0.15, 0.2) is 0 Å². The summed E-state index contributed by atoms with van der Waals surface area (Å²) in [6.07, 6.45) is 0. The predicted molar refractivity (Wildman–Crippen MR) is 45.1 cm³/mol. The van der Waals surface area contributed by atoms with E-state index in [9.17, 15) is 4.79 Å². The lowest BCUT2D eigenvalue weighted by Gasteiger charge is -1.95. The van der Waals surface area contributed by atoms with Crippen molar-refractivity contribution >= 4 is 5.97 Å². The molecular weight excluding hydrogens is 172 g/mol. The average molecular weight is 184 g/mol. The molecule has 5 heteroatoms. The fourth-order valence-electron chi connectivity index (χ4n) is 0.802. The number of esters is 1. The minimum atomic E-state index is -0.512. The van der Waals surface area contributed by atoms with Gasteiger partial charge in [-0.3, -0.25) is 0 Å². The third-order valence-electron chi connectivity index (χ3n) is 1.47. The number of ether oxygens (including phenoxy) is 1. The van der Waals surface area contributed by atoms with Crippen molar-refractivity contribution in [3.63, 3.8) is 0 Å². The van der Waals surface area contributed by atoms with Gasteiger partial charge in [0, 0.05) is 12.1 Å². The van der Waals surface area contributed by atoms with Crippen LogP contribution in [0.2, 0.25) is 0 Å². The van der Waals surface area contributed by atoms with Crippen LogP contribution in [0.4, 0.5) is 0 Å². The normalized spacial score (nSPS) is 12.5. The summed E-state index contributed by atoms with van der Waals surface area (Å²) >= 11 is 0. The van der Waals surface area contributed by atoms with Crippen LogP contribution >= 0.6 is 0 Å². The van der Waals surface area contributed by atoms with E-state index in [2.05, 4.69) is 5.16 Å². The van der Waals surface area contributed by atoms with Crippen LogP contribution < -0.4 is 5.73 Å². The van der Waals surface area contributed by atoms with Gasteiger partial charge in [-0.25, -0.2) is 4.79 Å². The van der Waals surface area contributed by atoms with Gasteiger partial charge < -0.3 is 15.0 Å². The van der Waals surface area contributed by atoms with Gasteiger partial charge in [-0.05, 0) is 13.8 Å². The molecule has 1 rings (SSSR count). The predicted octanol–water partition coefficient (Wildman–Crippen LogP) is 0.871. The molecule has 0 aliphatic carbocycles. The average Bonchev–Trinajstić information content (AvgIpc) is 2.52. The van der Waals surface area contributed by atoms with Crippen molar-refractivity contribution in [1.29, 1.82) is 0 Å². The highest BCUT2D eigenvalue weighted by Crippen LogP contribution is 2.10. The molecule has 0 saturated carbocycles. The first kappa shape index (κ1) is 9.73. The SMILES string of the molecule is CCOC(=O)c1cc(C(C)N)no1. The van der Waals surface area contributed by atoms with Gasteiger partial charge in [-0.1, -0.05) is 5.16 Å². The molecule has 0 bridgehead atoms. The van der Waals surface area contributed by atoms with E-state index in [1.807, 2.05) is 0 Å². The van der Waals surface area contributed by atoms with Crippen molar-refractivity contribution in [3.05, 3.63) is 17.5 Å². The Bertz CT molecular complexity index is 293. The van der Waals surface area contributed by atoms with Crippen LogP contribution in [0.25, 0.3) is 0 Å². The molecular formula is C8H12N2O3. The van der Waals surface area contributed by atoms with Gasteiger partial charge in [-0.2, -0.15) is 0 Å². The summed E-state index contributed by atoms with van der Waals surface area (Å²) in [5, 5.41) is 3.62. The second-order valence-corrected chi connectivity index (χ2v) is 2.63. The Morgan fingerprint density at radius 3 is 3.00 bits per heavy atom. The fourth-order valence-corrected chi connectivity index (χ4v) is 0.802. The summed E-state index contributed by atoms with van der Waals surface area (Å²) in [6.45, 7) is 3.79. The Hall–Kier alpha value is -1.36. The summed E-state index contributed by atoms with van der Waals surface area (Å²) in [5.41, 5.74) is 6.07. The molecule has 0 aromatic carbocycles. The highest BCUT2D eigenvalue weighted by molar-refractivity contribution is 5.86. The number of nitrogens with zero attached hydrogens (tertiary/aromatic N) is 1. The first-order chi connectivity index (χ1) is 6.15. The van der Waals surface area contributed by atoms with E-state index < -0.39 is 5.97 Å². The standard InChI is InChI=1S/C8H12N2O3/c1-3-12-8(11)7-4-6(5(2)9)10-13-7/h4-5H,3,9H2,1-2H3. The maximum atomic E-state index is 11.1. The summed E-state index contributed by atoms with van der Waals surface area (Å²) in [6, 6.07) is 1.25. The number of aromatic nitrogens is 1. The molecule has 0 aliphatic rings. The van der Waals surface area contributed by atoms with Gasteiger partial charge in [0.25, 0.3) is 0 Å². The van der Waals surface area contributed by atoms with Crippen LogP contribution in [-0.4, -0.2) is 17.7 Å². The molecule has 2 N–H and O–H groups in total. The zero-order chi connectivity index (χ0) is 9.84. The van der Waals surface area contributed by atoms with E-state index in [1.54, 1.807) is 13.8 Å². The van der Waals surface area contributed by atoms with Crippen LogP contribution in [0.1, 0.15) is 36.1 Å². The van der Waals surface area contributed by atoms with Crippen molar-refractivity contribution < 1.29 is 14.1 Å². The maximum absolute atomic E-state index is 11.1. The highest BCUT2D eigenvalue weighted by atomic mass is 16.6. The van der Waals surface area contributed by atoms with Crippen LogP contribution in [0, 0.1) is 0 Å². The molecule has 1 aromatic heterocycles. The molecule has 5 nitrogen and oxygen atoms in total. The van der Waals surface area contributed by atoms with Crippen molar-refractivity contribution in [1.82, 2.24) is 5.16 Å². The monoisotopic (exact) mass is 184 g/mol. The Morgan fingerprint density at radius 2 is 2.54 bits per heavy atom. The van der Waals surface area contributed by atoms with E-state index in [4.69, 9.17) is 15.0 Å². The molecule has 1 heterocycles. The van der Waals surface area contributed by atoms with Gasteiger partial charge in [-0.15, -0.1) is 0 Å². The minimum Gasteiger partial charge on any atom is -0.460 e. The Morgan fingerprint density at radius 1 is 1.85 bits per heavy atom. The molecule has 0 aliphatic heterocycles. The molecule has 1 unspecified atom stereocenters. The number of carbonyl (C=O) groups excluding carboxylic acids is 1. The zero-order valence-corrected chi connectivity index (χ0v) is 7.61. The lowest BCUT2D eigenvalue weighted by Crippen LogP contribution is -2.05. The van der Waals surface area contributed by atoms with Crippen LogP contribution in [0.3, 0.4) is 0 Å². The van der Waals surface area contributed by atoms with E-state index in [0.29, 0.717) is 12.3 Å². The first-order valence-electron chi connectivity index (χ1n) is 4.04. The maximum Gasteiger partial charge on any atom is 0.377 e. The summed E-state index contributed by atoms with van der Waals surface area (Å²) in [5.74, 6) is -0.420. The number of hydrogen-bond donors (Lipinski definition) is 1. The molecule has 0 radical (unpaired) electrons. The molecule has 1 atom stereocenters. The van der Waals surface area contributed by atoms with E-state index in [0.717, 1.165) is 0 Å². The van der Waals surface area contributed by atoms with E-state index in [1.165, 1.54) is 6.07 Å². The molecule has 0 saturated heterocycles. The quantitative estimate of drug-likeness (QED) is 0.705. The number of hydrogen-bond acceptors (Lipinski definition) is 5. The van der Waals surface area contributed by atoms with Crippen LogP contribution in [-0.2, 0) is 4.74 Å². The second-order valence-electron chi connectivity index (χ2n) is 2.63. The van der Waals surface area contributed by atoms with Gasteiger partial charge >= 0.3 is 5.97 Å². The van der Waals surface area contributed by atoms with Crippen molar-refractivity contribution in [3.8, 4) is 0 Å². The molecule has 72 valence electrons. The molecule has 13 heavy (non-hydrogen) atoms. The smallest absolute Gasteiger partial charge is 0.377 e. The first-order valence-corrected chi connectivity index (χ1v) is 4.04. The van der Waals surface area contributed by atoms with E-state index >= 15 is 0 Å². The lowest BCUT2D eigenvalue weighted by atomic mass is 10.2. The zero-order valence-electron chi connectivity index (χ0n) is 7.61. The summed E-state index contributed by atoms with van der Waals surface area (Å²) in [7, 11) is 0. The summed E-state index contributed by atoms with van der Waals surface area (Å²) in [4.78, 5) is 11.1. The van der Waals surface area contributed by atoms with Gasteiger partial charge in [0.05, 0.1) is 6.61 Å². The van der Waals surface area contributed by atoms with Gasteiger partial charge in [0.2, 0.25) is 5.76 Å². The second kappa shape index (κ2) is 4.04. The number of carbonyl (C=O) groups is 1. The molecule has 0 spiro atoms. The van der Waals surface area contributed by atoms with E-state index in [-0.39, 0.29) is 11.8 Å². The Labute approximate surface area is 75.8 Å². The van der Waals surface area contributed by atoms with Crippen LogP contribution in [0.15, 0.2) is 10.6 Å². The van der Waals surface area contributed by atoms with Crippen molar-refractivity contribution in [2.75, 3.05) is 6.61 Å². The van der Waals surface area contributed by atoms with Gasteiger partial charge in [0.1, 0.15) is 5.69 Å². The topological polar surface area (TPSA) is 78.4 Å². The van der Waals surface area contributed by atoms with Crippen molar-refractivity contribution in [2.24, 2.45) is 5.73 Å². The summed E-state index contributed by atoms with van der Waals surface area (Å²) < 4.78 is 9.44. The fraction of sp³-hybridized carbons (Fsp3) is 0.500.